The lowest BCUT2D eigenvalue weighted by molar-refractivity contribution is -0.139. The highest BCUT2D eigenvalue weighted by Crippen LogP contribution is 2.46. The van der Waals surface area contributed by atoms with E-state index in [1.165, 1.54) is 23.9 Å². The number of thioether (sulfide) groups is 1. The molecule has 0 bridgehead atoms. The van der Waals surface area contributed by atoms with Crippen LogP contribution in [0.15, 0.2) is 76.3 Å². The second-order valence-corrected chi connectivity index (χ2v) is 7.26. The van der Waals surface area contributed by atoms with Crippen molar-refractivity contribution in [2.45, 2.75) is 19.9 Å². The van der Waals surface area contributed by atoms with Crippen molar-refractivity contribution in [3.05, 3.63) is 88.2 Å². The zero-order valence-corrected chi connectivity index (χ0v) is 18.3. The molecule has 0 saturated carbocycles. The van der Waals surface area contributed by atoms with E-state index in [0.29, 0.717) is 17.9 Å². The summed E-state index contributed by atoms with van der Waals surface area (Å²) in [6, 6.07) is 15.8. The molecule has 2 heterocycles. The summed E-state index contributed by atoms with van der Waals surface area (Å²) in [7, 11) is 0. The maximum absolute atomic E-state index is 13.4. The Hall–Kier alpha value is -2.38. The number of fused-ring (bicyclic) bond motifs is 1. The number of rotatable bonds is 4. The highest BCUT2D eigenvalue weighted by Gasteiger charge is 2.40. The van der Waals surface area contributed by atoms with E-state index in [1.807, 2.05) is 47.6 Å². The molecule has 4 nitrogen and oxygen atoms in total. The molecule has 0 aromatic heterocycles. The molecular formula is C22H19BrFN2O2S-. The number of esters is 1. The number of carbonyl (C=O) groups excluding carboxylic acids is 1. The molecule has 4 rings (SSSR count). The monoisotopic (exact) mass is 473 g/mol. The molecule has 0 radical (unpaired) electrons. The van der Waals surface area contributed by atoms with E-state index in [1.54, 1.807) is 19.1 Å². The molecule has 29 heavy (non-hydrogen) atoms. The van der Waals surface area contributed by atoms with Crippen molar-refractivity contribution in [2.24, 2.45) is 4.99 Å². The average Bonchev–Trinajstić information content (AvgIpc) is 3.11. The first kappa shape index (κ1) is 21.3. The lowest BCUT2D eigenvalue weighted by Crippen LogP contribution is -3.00. The molecule has 2 aromatic rings. The van der Waals surface area contributed by atoms with Gasteiger partial charge in [0.05, 0.1) is 29.6 Å². The van der Waals surface area contributed by atoms with Crippen LogP contribution in [0, 0.1) is 5.82 Å². The Morgan fingerprint density at radius 2 is 1.86 bits per heavy atom. The molecule has 0 amide bonds. The predicted octanol–water partition coefficient (Wildman–Crippen LogP) is 2.12. The first-order valence-corrected chi connectivity index (χ1v) is 9.91. The third-order valence-electron chi connectivity index (χ3n) is 4.68. The summed E-state index contributed by atoms with van der Waals surface area (Å²) in [4.78, 5) is 19.5. The number of amidine groups is 1. The van der Waals surface area contributed by atoms with Crippen LogP contribution in [0.5, 0.6) is 0 Å². The first-order chi connectivity index (χ1) is 13.6. The Kier molecular flexibility index (Phi) is 6.59. The van der Waals surface area contributed by atoms with Gasteiger partial charge in [-0.1, -0.05) is 42.1 Å². The second-order valence-electron chi connectivity index (χ2n) is 6.42. The minimum absolute atomic E-state index is 0. The predicted molar refractivity (Wildman–Crippen MR) is 110 cm³/mol. The number of ether oxygens (including phenoxy) is 1. The van der Waals surface area contributed by atoms with Crippen LogP contribution in [-0.2, 0) is 9.53 Å². The third-order valence-corrected chi connectivity index (χ3v) is 5.52. The topological polar surface area (TPSA) is 41.9 Å². The molecule has 2 aliphatic rings. The van der Waals surface area contributed by atoms with Gasteiger partial charge in [-0.2, -0.15) is 0 Å². The number of allylic oxidation sites excluding steroid dienone is 1. The summed E-state index contributed by atoms with van der Waals surface area (Å²) in [5, 5.41) is 2.78. The van der Waals surface area contributed by atoms with Gasteiger partial charge in [-0.15, -0.1) is 0 Å². The molecule has 1 unspecified atom stereocenters. The molecule has 0 fully saturated rings. The normalized spacial score (nSPS) is 17.9. The van der Waals surface area contributed by atoms with Crippen LogP contribution >= 0.6 is 11.8 Å². The zero-order chi connectivity index (χ0) is 19.7. The van der Waals surface area contributed by atoms with E-state index in [4.69, 9.17) is 4.74 Å². The van der Waals surface area contributed by atoms with Gasteiger partial charge in [0.2, 0.25) is 0 Å². The summed E-state index contributed by atoms with van der Waals surface area (Å²) < 4.78 is 18.8. The van der Waals surface area contributed by atoms with Crippen LogP contribution in [0.4, 0.5) is 4.39 Å². The molecule has 2 aliphatic heterocycles. The summed E-state index contributed by atoms with van der Waals surface area (Å²) in [5.41, 5.74) is 3.88. The number of hydrogen-bond acceptors (Lipinski definition) is 5. The highest BCUT2D eigenvalue weighted by atomic mass is 79.9. The zero-order valence-electron chi connectivity index (χ0n) is 15.9. The van der Waals surface area contributed by atoms with Gasteiger partial charge in [0, 0.05) is 5.41 Å². The average molecular weight is 474 g/mol. The van der Waals surface area contributed by atoms with Crippen molar-refractivity contribution in [3.63, 3.8) is 0 Å². The molecule has 7 heteroatoms. The Labute approximate surface area is 183 Å². The Morgan fingerprint density at radius 3 is 2.52 bits per heavy atom. The Balaban J connectivity index is 0.00000240. The SMILES string of the molecule is CCOC(=O)C1=C(C)N=C2SC=C(c3ccc(F)cc3)N2C1c1ccccc1.[Br-]. The molecule has 150 valence electrons. The number of carbonyl (C=O) groups is 1. The fourth-order valence-corrected chi connectivity index (χ4v) is 4.41. The van der Waals surface area contributed by atoms with E-state index in [2.05, 4.69) is 4.99 Å². The lowest BCUT2D eigenvalue weighted by atomic mass is 9.93. The van der Waals surface area contributed by atoms with E-state index in [-0.39, 0.29) is 34.8 Å². The van der Waals surface area contributed by atoms with Crippen LogP contribution in [-0.4, -0.2) is 22.6 Å². The first-order valence-electron chi connectivity index (χ1n) is 9.03. The van der Waals surface area contributed by atoms with Crippen LogP contribution in [0.1, 0.15) is 31.0 Å². The van der Waals surface area contributed by atoms with Crippen molar-refractivity contribution in [2.75, 3.05) is 6.61 Å². The van der Waals surface area contributed by atoms with Crippen molar-refractivity contribution in [1.82, 2.24) is 4.90 Å². The quantitative estimate of drug-likeness (QED) is 0.637. The van der Waals surface area contributed by atoms with E-state index in [9.17, 15) is 9.18 Å². The summed E-state index contributed by atoms with van der Waals surface area (Å²) in [6.07, 6.45) is 0. The molecule has 2 aromatic carbocycles. The smallest absolute Gasteiger partial charge is 0.338 e. The summed E-state index contributed by atoms with van der Waals surface area (Å²) >= 11 is 1.50. The Morgan fingerprint density at radius 1 is 1.17 bits per heavy atom. The van der Waals surface area contributed by atoms with Gasteiger partial charge in [-0.25, -0.2) is 14.2 Å². The number of halogens is 2. The minimum Gasteiger partial charge on any atom is -1.00 e. The fraction of sp³-hybridized carbons (Fsp3) is 0.182. The van der Waals surface area contributed by atoms with Crippen molar-refractivity contribution in [3.8, 4) is 0 Å². The van der Waals surface area contributed by atoms with Gasteiger partial charge in [0.1, 0.15) is 5.82 Å². The minimum atomic E-state index is -0.369. The summed E-state index contributed by atoms with van der Waals surface area (Å²) in [5.74, 6) is -0.655. The third kappa shape index (κ3) is 4.02. The number of benzene rings is 2. The highest BCUT2D eigenvalue weighted by molar-refractivity contribution is 8.16. The van der Waals surface area contributed by atoms with Crippen molar-refractivity contribution < 1.29 is 30.9 Å². The van der Waals surface area contributed by atoms with Gasteiger partial charge in [-0.3, -0.25) is 0 Å². The maximum atomic E-state index is 13.4. The van der Waals surface area contributed by atoms with Gasteiger partial charge in [0.25, 0.3) is 0 Å². The van der Waals surface area contributed by atoms with E-state index < -0.39 is 0 Å². The second kappa shape index (κ2) is 8.97. The molecule has 0 saturated heterocycles. The number of hydrogen-bond donors (Lipinski definition) is 0. The van der Waals surface area contributed by atoms with Gasteiger partial charge in [-0.05, 0) is 49.2 Å². The molecule has 1 atom stereocenters. The Bertz CT molecular complexity index is 1000. The van der Waals surface area contributed by atoms with Gasteiger partial charge in [0.15, 0.2) is 5.17 Å². The maximum Gasteiger partial charge on any atom is 0.338 e. The fourth-order valence-electron chi connectivity index (χ4n) is 3.43. The van der Waals surface area contributed by atoms with Crippen LogP contribution in [0.2, 0.25) is 0 Å². The standard InChI is InChI=1S/C22H19FN2O2S.BrH/c1-3-27-21(26)19-14(2)24-22-25(20(19)16-7-5-4-6-8-16)18(13-28-22)15-9-11-17(23)12-10-15;/h4-13,20H,3H2,1-2H3;1H/p-1. The number of nitrogens with zero attached hydrogens (tertiary/aromatic N) is 2. The molecule has 0 spiro atoms. The van der Waals surface area contributed by atoms with Gasteiger partial charge >= 0.3 is 5.97 Å². The number of aliphatic imine (C=N–C) groups is 1. The lowest BCUT2D eigenvalue weighted by Gasteiger charge is -2.36. The van der Waals surface area contributed by atoms with Crippen LogP contribution in [0.3, 0.4) is 0 Å². The molecular weight excluding hydrogens is 455 g/mol. The van der Waals surface area contributed by atoms with E-state index >= 15 is 0 Å². The van der Waals surface area contributed by atoms with Crippen molar-refractivity contribution >= 4 is 28.6 Å². The van der Waals surface area contributed by atoms with Gasteiger partial charge < -0.3 is 26.6 Å². The summed E-state index contributed by atoms with van der Waals surface area (Å²) in [6.45, 7) is 3.92. The van der Waals surface area contributed by atoms with Crippen LogP contribution in [0.25, 0.3) is 5.70 Å². The largest absolute Gasteiger partial charge is 1.00 e. The van der Waals surface area contributed by atoms with E-state index in [0.717, 1.165) is 22.0 Å². The van der Waals surface area contributed by atoms with Crippen LogP contribution < -0.4 is 17.0 Å². The molecule has 0 N–H and O–H groups in total. The van der Waals surface area contributed by atoms with Crippen molar-refractivity contribution in [1.29, 1.82) is 0 Å². The molecule has 0 aliphatic carbocycles.